The predicted molar refractivity (Wildman–Crippen MR) is 76.5 cm³/mol. The largest absolute Gasteiger partial charge is 0.485 e. The Kier molecular flexibility index (Phi) is 3.90. The first kappa shape index (κ1) is 14.0. The van der Waals surface area contributed by atoms with E-state index in [0.717, 1.165) is 11.1 Å². The third kappa shape index (κ3) is 2.77. The van der Waals surface area contributed by atoms with E-state index in [2.05, 4.69) is 0 Å². The normalized spacial score (nSPS) is 20.7. The maximum Gasteiger partial charge on any atom is 0.128 e. The Labute approximate surface area is 122 Å². The minimum absolute atomic E-state index is 0.305. The predicted octanol–water partition coefficient (Wildman–Crippen LogP) is 3.53. The fraction of sp³-hybridized carbons (Fsp3) is 0.294. The Morgan fingerprint density at radius 2 is 2.05 bits per heavy atom. The maximum atomic E-state index is 13.4. The van der Waals surface area contributed by atoms with Crippen LogP contribution in [0, 0.1) is 5.82 Å². The lowest BCUT2D eigenvalue weighted by Crippen LogP contribution is -2.20. The molecule has 1 aliphatic rings. The molecule has 0 aliphatic carbocycles. The first-order chi connectivity index (χ1) is 10.2. The zero-order valence-electron chi connectivity index (χ0n) is 11.8. The average Bonchev–Trinajstić information content (AvgIpc) is 2.47. The Hall–Kier alpha value is -1.91. The lowest BCUT2D eigenvalue weighted by atomic mass is 9.92. The molecule has 1 N–H and O–H groups in total. The first-order valence-electron chi connectivity index (χ1n) is 6.90. The van der Waals surface area contributed by atoms with Gasteiger partial charge in [-0.1, -0.05) is 24.3 Å². The van der Waals surface area contributed by atoms with Gasteiger partial charge in [-0.3, -0.25) is 0 Å². The first-order valence-corrected chi connectivity index (χ1v) is 6.90. The van der Waals surface area contributed by atoms with Gasteiger partial charge in [-0.15, -0.1) is 0 Å². The van der Waals surface area contributed by atoms with Crippen molar-refractivity contribution in [1.29, 1.82) is 0 Å². The summed E-state index contributed by atoms with van der Waals surface area (Å²) in [5.41, 5.74) is 2.61. The van der Waals surface area contributed by atoms with Gasteiger partial charge >= 0.3 is 0 Å². The van der Waals surface area contributed by atoms with E-state index in [-0.39, 0.29) is 11.9 Å². The molecule has 3 rings (SSSR count). The Morgan fingerprint density at radius 1 is 1.24 bits per heavy atom. The molecule has 0 saturated carbocycles. The second-order valence-electron chi connectivity index (χ2n) is 5.17. The fourth-order valence-electron chi connectivity index (χ4n) is 2.74. The Balaban J connectivity index is 1.95. The topological polar surface area (TPSA) is 38.7 Å². The standard InChI is InChI=1S/C17H17FO3/c1-20-10-11-4-2-3-5-13(11)17-9-15(19)14-7-6-12(18)8-16(14)21-17/h2-8,15,17,19H,9-10H2,1H3/t15-,17?/m0/s1. The summed E-state index contributed by atoms with van der Waals surface area (Å²) in [6, 6.07) is 12.0. The summed E-state index contributed by atoms with van der Waals surface area (Å²) in [5.74, 6) is 0.0396. The molecule has 0 amide bonds. The lowest BCUT2D eigenvalue weighted by Gasteiger charge is -2.31. The number of aliphatic hydroxyl groups is 1. The van der Waals surface area contributed by atoms with Crippen molar-refractivity contribution >= 4 is 0 Å². The highest BCUT2D eigenvalue weighted by atomic mass is 19.1. The monoisotopic (exact) mass is 288 g/mol. The third-order valence-electron chi connectivity index (χ3n) is 3.74. The van der Waals surface area contributed by atoms with Crippen LogP contribution in [0.25, 0.3) is 0 Å². The van der Waals surface area contributed by atoms with E-state index in [0.29, 0.717) is 24.3 Å². The van der Waals surface area contributed by atoms with Crippen LogP contribution in [-0.4, -0.2) is 12.2 Å². The number of aliphatic hydroxyl groups excluding tert-OH is 1. The van der Waals surface area contributed by atoms with Crippen molar-refractivity contribution in [1.82, 2.24) is 0 Å². The zero-order valence-corrected chi connectivity index (χ0v) is 11.8. The van der Waals surface area contributed by atoms with Crippen LogP contribution in [-0.2, 0) is 11.3 Å². The number of benzene rings is 2. The van der Waals surface area contributed by atoms with E-state index in [4.69, 9.17) is 9.47 Å². The van der Waals surface area contributed by atoms with Crippen LogP contribution in [0.1, 0.15) is 35.3 Å². The summed E-state index contributed by atoms with van der Waals surface area (Å²) in [4.78, 5) is 0. The molecule has 2 aromatic rings. The molecule has 1 aliphatic heterocycles. The van der Waals surface area contributed by atoms with Gasteiger partial charge in [0.2, 0.25) is 0 Å². The number of halogens is 1. The molecule has 0 fully saturated rings. The van der Waals surface area contributed by atoms with Crippen molar-refractivity contribution < 1.29 is 19.0 Å². The van der Waals surface area contributed by atoms with Gasteiger partial charge < -0.3 is 14.6 Å². The SMILES string of the molecule is COCc1ccccc1C1C[C@H](O)c2ccc(F)cc2O1. The van der Waals surface area contributed by atoms with Gasteiger partial charge in [-0.2, -0.15) is 0 Å². The van der Waals surface area contributed by atoms with Gasteiger partial charge in [-0.05, 0) is 23.3 Å². The summed E-state index contributed by atoms with van der Waals surface area (Å²) in [6.45, 7) is 0.474. The van der Waals surface area contributed by atoms with Gasteiger partial charge in [-0.25, -0.2) is 4.39 Å². The Bertz CT molecular complexity index is 642. The van der Waals surface area contributed by atoms with Crippen molar-refractivity contribution in [2.75, 3.05) is 7.11 Å². The molecule has 0 spiro atoms. The van der Waals surface area contributed by atoms with Gasteiger partial charge in [0.25, 0.3) is 0 Å². The van der Waals surface area contributed by atoms with Crippen molar-refractivity contribution in [2.45, 2.75) is 25.2 Å². The molecule has 21 heavy (non-hydrogen) atoms. The van der Waals surface area contributed by atoms with Crippen molar-refractivity contribution in [3.05, 3.63) is 65.0 Å². The molecule has 3 nitrogen and oxygen atoms in total. The molecule has 0 bridgehead atoms. The number of ether oxygens (including phenoxy) is 2. The van der Waals surface area contributed by atoms with E-state index >= 15 is 0 Å². The van der Waals surface area contributed by atoms with E-state index < -0.39 is 6.10 Å². The second kappa shape index (κ2) is 5.84. The molecule has 4 heteroatoms. The zero-order chi connectivity index (χ0) is 14.8. The van der Waals surface area contributed by atoms with Crippen molar-refractivity contribution in [3.8, 4) is 5.75 Å². The molecule has 0 saturated heterocycles. The van der Waals surface area contributed by atoms with Gasteiger partial charge in [0.15, 0.2) is 0 Å². The number of hydrogen-bond donors (Lipinski definition) is 1. The van der Waals surface area contributed by atoms with Crippen molar-refractivity contribution in [3.63, 3.8) is 0 Å². The maximum absolute atomic E-state index is 13.4. The highest BCUT2D eigenvalue weighted by Gasteiger charge is 2.29. The minimum atomic E-state index is -0.657. The fourth-order valence-corrected chi connectivity index (χ4v) is 2.74. The molecule has 1 unspecified atom stereocenters. The molecular weight excluding hydrogens is 271 g/mol. The summed E-state index contributed by atoms with van der Waals surface area (Å²) in [6.07, 6.45) is -0.519. The highest BCUT2D eigenvalue weighted by Crippen LogP contribution is 2.41. The van der Waals surface area contributed by atoms with E-state index in [1.807, 2.05) is 24.3 Å². The smallest absolute Gasteiger partial charge is 0.128 e. The molecule has 2 aromatic carbocycles. The van der Waals surface area contributed by atoms with E-state index in [9.17, 15) is 9.50 Å². The number of methoxy groups -OCH3 is 1. The molecule has 110 valence electrons. The number of rotatable bonds is 3. The van der Waals surface area contributed by atoms with E-state index in [1.165, 1.54) is 12.1 Å². The number of hydrogen-bond acceptors (Lipinski definition) is 3. The molecule has 1 heterocycles. The van der Waals surface area contributed by atoms with E-state index in [1.54, 1.807) is 13.2 Å². The average molecular weight is 288 g/mol. The van der Waals surface area contributed by atoms with Gasteiger partial charge in [0, 0.05) is 25.2 Å². The highest BCUT2D eigenvalue weighted by molar-refractivity contribution is 5.40. The molecule has 0 radical (unpaired) electrons. The second-order valence-corrected chi connectivity index (χ2v) is 5.17. The minimum Gasteiger partial charge on any atom is -0.485 e. The molecule has 0 aromatic heterocycles. The Morgan fingerprint density at radius 3 is 2.86 bits per heavy atom. The number of fused-ring (bicyclic) bond motifs is 1. The van der Waals surface area contributed by atoms with Crippen LogP contribution < -0.4 is 4.74 Å². The van der Waals surface area contributed by atoms with Crippen LogP contribution in [0.2, 0.25) is 0 Å². The van der Waals surface area contributed by atoms with Crippen LogP contribution in [0.15, 0.2) is 42.5 Å². The van der Waals surface area contributed by atoms with Crippen LogP contribution >= 0.6 is 0 Å². The van der Waals surface area contributed by atoms with Crippen LogP contribution in [0.4, 0.5) is 4.39 Å². The van der Waals surface area contributed by atoms with Crippen LogP contribution in [0.5, 0.6) is 5.75 Å². The summed E-state index contributed by atoms with van der Waals surface area (Å²) in [5, 5.41) is 10.3. The summed E-state index contributed by atoms with van der Waals surface area (Å²) < 4.78 is 24.5. The van der Waals surface area contributed by atoms with Crippen molar-refractivity contribution in [2.24, 2.45) is 0 Å². The van der Waals surface area contributed by atoms with Crippen LogP contribution in [0.3, 0.4) is 0 Å². The van der Waals surface area contributed by atoms with Gasteiger partial charge in [0.05, 0.1) is 12.7 Å². The summed E-state index contributed by atoms with van der Waals surface area (Å²) >= 11 is 0. The lowest BCUT2D eigenvalue weighted by molar-refractivity contribution is 0.0638. The molecule has 2 atom stereocenters. The molecular formula is C17H17FO3. The third-order valence-corrected chi connectivity index (χ3v) is 3.74. The summed E-state index contributed by atoms with van der Waals surface area (Å²) in [7, 11) is 1.64. The van der Waals surface area contributed by atoms with Gasteiger partial charge in [0.1, 0.15) is 17.7 Å². The quantitative estimate of drug-likeness (QED) is 0.939.